The van der Waals surface area contributed by atoms with E-state index in [0.29, 0.717) is 18.2 Å². The van der Waals surface area contributed by atoms with Crippen LogP contribution in [0.25, 0.3) is 0 Å². The van der Waals surface area contributed by atoms with E-state index in [1.165, 1.54) is 11.1 Å². The lowest BCUT2D eigenvalue weighted by molar-refractivity contribution is -0.117. The second-order valence-electron chi connectivity index (χ2n) is 4.50. The highest BCUT2D eigenvalue weighted by molar-refractivity contribution is 6.18. The van der Waals surface area contributed by atoms with Gasteiger partial charge in [0.2, 0.25) is 5.91 Å². The van der Waals surface area contributed by atoms with Gasteiger partial charge in [0.25, 0.3) is 0 Å². The van der Waals surface area contributed by atoms with E-state index in [1.54, 1.807) is 0 Å². The lowest BCUT2D eigenvalue weighted by atomic mass is 10.1. The van der Waals surface area contributed by atoms with Gasteiger partial charge in [0.1, 0.15) is 0 Å². The summed E-state index contributed by atoms with van der Waals surface area (Å²) in [5, 5.41) is 0. The van der Waals surface area contributed by atoms with Gasteiger partial charge >= 0.3 is 0 Å². The lowest BCUT2D eigenvalue weighted by Crippen LogP contribution is -2.24. The topological polar surface area (TPSA) is 20.3 Å². The van der Waals surface area contributed by atoms with Crippen LogP contribution >= 0.6 is 11.6 Å². The van der Waals surface area contributed by atoms with Gasteiger partial charge in [-0.1, -0.05) is 6.07 Å². The number of amides is 1. The van der Waals surface area contributed by atoms with Crippen molar-refractivity contribution >= 4 is 23.2 Å². The van der Waals surface area contributed by atoms with Crippen molar-refractivity contribution in [3.8, 4) is 0 Å². The van der Waals surface area contributed by atoms with Crippen molar-refractivity contribution in [3.63, 3.8) is 0 Å². The standard InChI is InChI=1S/C13H16ClNO/c1-9-3-4-12(5-10(9)2)15-8-11(7-14)6-13(15)16/h3-5,11H,6-8H2,1-2H3. The van der Waals surface area contributed by atoms with Crippen molar-refractivity contribution in [1.82, 2.24) is 0 Å². The summed E-state index contributed by atoms with van der Waals surface area (Å²) < 4.78 is 0. The first-order valence-electron chi connectivity index (χ1n) is 5.55. The molecular weight excluding hydrogens is 222 g/mol. The summed E-state index contributed by atoms with van der Waals surface area (Å²) in [6.45, 7) is 4.90. The zero-order valence-electron chi connectivity index (χ0n) is 9.66. The Kier molecular flexibility index (Phi) is 3.20. The number of benzene rings is 1. The molecule has 1 saturated heterocycles. The van der Waals surface area contributed by atoms with Crippen LogP contribution in [0.4, 0.5) is 5.69 Å². The summed E-state index contributed by atoms with van der Waals surface area (Å²) >= 11 is 5.80. The van der Waals surface area contributed by atoms with E-state index >= 15 is 0 Å². The summed E-state index contributed by atoms with van der Waals surface area (Å²) in [6.07, 6.45) is 0.580. The molecule has 0 radical (unpaired) electrons. The molecule has 1 aliphatic rings. The Morgan fingerprint density at radius 2 is 2.12 bits per heavy atom. The number of carbonyl (C=O) groups excluding carboxylic acids is 1. The van der Waals surface area contributed by atoms with E-state index in [0.717, 1.165) is 12.2 Å². The molecular formula is C13H16ClNO. The Morgan fingerprint density at radius 1 is 1.38 bits per heavy atom. The summed E-state index contributed by atoms with van der Waals surface area (Å²) in [7, 11) is 0. The highest BCUT2D eigenvalue weighted by atomic mass is 35.5. The first-order valence-corrected chi connectivity index (χ1v) is 6.09. The monoisotopic (exact) mass is 237 g/mol. The Bertz CT molecular complexity index is 416. The third kappa shape index (κ3) is 2.07. The quantitative estimate of drug-likeness (QED) is 0.725. The molecule has 0 spiro atoms. The molecule has 1 amide bonds. The fourth-order valence-electron chi connectivity index (χ4n) is 2.03. The number of hydrogen-bond donors (Lipinski definition) is 0. The maximum Gasteiger partial charge on any atom is 0.227 e. The molecule has 0 N–H and O–H groups in total. The number of halogens is 1. The largest absolute Gasteiger partial charge is 0.312 e. The van der Waals surface area contributed by atoms with Gasteiger partial charge in [-0.25, -0.2) is 0 Å². The van der Waals surface area contributed by atoms with Crippen molar-refractivity contribution in [2.75, 3.05) is 17.3 Å². The normalized spacial score (nSPS) is 20.6. The Labute approximate surface area is 101 Å². The fraction of sp³-hybridized carbons (Fsp3) is 0.462. The minimum atomic E-state index is 0.189. The molecule has 1 unspecified atom stereocenters. The van der Waals surface area contributed by atoms with E-state index < -0.39 is 0 Å². The molecule has 0 aliphatic carbocycles. The number of aryl methyl sites for hydroxylation is 2. The maximum atomic E-state index is 11.8. The third-order valence-corrected chi connectivity index (χ3v) is 3.66. The maximum absolute atomic E-state index is 11.8. The number of carbonyl (C=O) groups is 1. The molecule has 1 atom stereocenters. The summed E-state index contributed by atoms with van der Waals surface area (Å²) in [5.74, 6) is 1.05. The Morgan fingerprint density at radius 3 is 2.69 bits per heavy atom. The molecule has 3 heteroatoms. The molecule has 0 saturated carbocycles. The van der Waals surface area contributed by atoms with Crippen molar-refractivity contribution in [1.29, 1.82) is 0 Å². The zero-order valence-corrected chi connectivity index (χ0v) is 10.4. The van der Waals surface area contributed by atoms with Gasteiger partial charge in [0.15, 0.2) is 0 Å². The molecule has 1 fully saturated rings. The van der Waals surface area contributed by atoms with E-state index in [1.807, 2.05) is 11.0 Å². The smallest absolute Gasteiger partial charge is 0.227 e. The number of anilines is 1. The zero-order chi connectivity index (χ0) is 11.7. The predicted octanol–water partition coefficient (Wildman–Crippen LogP) is 2.90. The van der Waals surface area contributed by atoms with Crippen LogP contribution in [-0.4, -0.2) is 18.3 Å². The van der Waals surface area contributed by atoms with Crippen molar-refractivity contribution in [3.05, 3.63) is 29.3 Å². The van der Waals surface area contributed by atoms with Crippen LogP contribution in [0.2, 0.25) is 0 Å². The minimum Gasteiger partial charge on any atom is -0.312 e. The summed E-state index contributed by atoms with van der Waals surface area (Å²) in [4.78, 5) is 13.7. The van der Waals surface area contributed by atoms with Crippen molar-refractivity contribution in [2.45, 2.75) is 20.3 Å². The molecule has 2 rings (SSSR count). The highest BCUT2D eigenvalue weighted by Crippen LogP contribution is 2.27. The predicted molar refractivity (Wildman–Crippen MR) is 67.1 cm³/mol. The van der Waals surface area contributed by atoms with Crippen molar-refractivity contribution in [2.24, 2.45) is 5.92 Å². The van der Waals surface area contributed by atoms with Crippen LogP contribution in [0.15, 0.2) is 18.2 Å². The van der Waals surface area contributed by atoms with Crippen molar-refractivity contribution < 1.29 is 4.79 Å². The van der Waals surface area contributed by atoms with E-state index in [9.17, 15) is 4.79 Å². The number of alkyl halides is 1. The lowest BCUT2D eigenvalue weighted by Gasteiger charge is -2.17. The second kappa shape index (κ2) is 4.46. The molecule has 1 aromatic carbocycles. The van der Waals surface area contributed by atoms with Crippen LogP contribution in [0.1, 0.15) is 17.5 Å². The molecule has 0 aromatic heterocycles. The number of nitrogens with zero attached hydrogens (tertiary/aromatic N) is 1. The van der Waals surface area contributed by atoms with Gasteiger partial charge in [0, 0.05) is 24.5 Å². The molecule has 0 bridgehead atoms. The molecule has 1 heterocycles. The van der Waals surface area contributed by atoms with Crippen LogP contribution < -0.4 is 4.90 Å². The average molecular weight is 238 g/mol. The van der Waals surface area contributed by atoms with E-state index in [-0.39, 0.29) is 5.91 Å². The summed E-state index contributed by atoms with van der Waals surface area (Å²) in [5.41, 5.74) is 3.48. The third-order valence-electron chi connectivity index (χ3n) is 3.23. The van der Waals surface area contributed by atoms with E-state index in [2.05, 4.69) is 26.0 Å². The van der Waals surface area contributed by atoms with Gasteiger partial charge in [-0.2, -0.15) is 0 Å². The first-order chi connectivity index (χ1) is 7.61. The minimum absolute atomic E-state index is 0.189. The number of hydrogen-bond acceptors (Lipinski definition) is 1. The summed E-state index contributed by atoms with van der Waals surface area (Å²) in [6, 6.07) is 6.15. The molecule has 86 valence electrons. The van der Waals surface area contributed by atoms with Gasteiger partial charge < -0.3 is 4.90 Å². The molecule has 16 heavy (non-hydrogen) atoms. The van der Waals surface area contributed by atoms with Crippen LogP contribution in [0.3, 0.4) is 0 Å². The molecule has 1 aliphatic heterocycles. The van der Waals surface area contributed by atoms with Crippen LogP contribution in [0.5, 0.6) is 0 Å². The highest BCUT2D eigenvalue weighted by Gasteiger charge is 2.29. The second-order valence-corrected chi connectivity index (χ2v) is 4.81. The van der Waals surface area contributed by atoms with Gasteiger partial charge in [-0.3, -0.25) is 4.79 Å². The molecule has 1 aromatic rings. The first kappa shape index (κ1) is 11.5. The Hall–Kier alpha value is -1.02. The fourth-order valence-corrected chi connectivity index (χ4v) is 2.23. The SMILES string of the molecule is Cc1ccc(N2CC(CCl)CC2=O)cc1C. The van der Waals surface area contributed by atoms with Crippen LogP contribution in [0, 0.1) is 19.8 Å². The molecule has 2 nitrogen and oxygen atoms in total. The van der Waals surface area contributed by atoms with Gasteiger partial charge in [0.05, 0.1) is 0 Å². The number of rotatable bonds is 2. The average Bonchev–Trinajstić information content (AvgIpc) is 2.64. The van der Waals surface area contributed by atoms with Gasteiger partial charge in [-0.15, -0.1) is 11.6 Å². The van der Waals surface area contributed by atoms with Gasteiger partial charge in [-0.05, 0) is 43.0 Å². The van der Waals surface area contributed by atoms with E-state index in [4.69, 9.17) is 11.6 Å². The van der Waals surface area contributed by atoms with Crippen LogP contribution in [-0.2, 0) is 4.79 Å². The Balaban J connectivity index is 2.24.